The van der Waals surface area contributed by atoms with Crippen molar-refractivity contribution in [1.82, 2.24) is 4.90 Å². The van der Waals surface area contributed by atoms with Crippen LogP contribution in [0.4, 0.5) is 0 Å². The van der Waals surface area contributed by atoms with E-state index in [4.69, 9.17) is 0 Å². The van der Waals surface area contributed by atoms with Crippen LogP contribution in [0.15, 0.2) is 53.4 Å². The minimum atomic E-state index is -3.14. The lowest BCUT2D eigenvalue weighted by atomic mass is 9.82. The number of hydrogen-bond donors (Lipinski definition) is 0. The third-order valence-corrected chi connectivity index (χ3v) is 6.35. The first-order chi connectivity index (χ1) is 11.0. The van der Waals surface area contributed by atoms with Gasteiger partial charge in [-0.2, -0.15) is 0 Å². The van der Waals surface area contributed by atoms with Gasteiger partial charge in [0.1, 0.15) is 0 Å². The molecule has 2 aliphatic heterocycles. The Hall–Kier alpha value is -1.17. The predicted molar refractivity (Wildman–Crippen MR) is 102 cm³/mol. The Kier molecular flexibility index (Phi) is 4.87. The normalized spacial score (nSPS) is 23.2. The Bertz CT molecular complexity index is 833. The molecule has 1 saturated heterocycles. The van der Waals surface area contributed by atoms with Gasteiger partial charge in [-0.25, -0.2) is 8.42 Å². The Balaban J connectivity index is 0.00000169. The molecular weight excluding hydrogens is 386 g/mol. The van der Waals surface area contributed by atoms with E-state index in [0.29, 0.717) is 16.9 Å². The van der Waals surface area contributed by atoms with E-state index in [2.05, 4.69) is 29.2 Å². The fraction of sp³-hybridized carbons (Fsp3) is 0.368. The van der Waals surface area contributed by atoms with Crippen LogP contribution < -0.4 is 0 Å². The number of hydrogen-bond acceptors (Lipinski definition) is 3. The van der Waals surface area contributed by atoms with Crippen LogP contribution in [0.2, 0.25) is 0 Å². The van der Waals surface area contributed by atoms with Crippen molar-refractivity contribution in [2.24, 2.45) is 0 Å². The van der Waals surface area contributed by atoms with Crippen LogP contribution in [-0.2, 0) is 9.84 Å². The van der Waals surface area contributed by atoms with Gasteiger partial charge in [0, 0.05) is 24.8 Å². The highest BCUT2D eigenvalue weighted by atomic mass is 79.9. The van der Waals surface area contributed by atoms with E-state index in [1.807, 2.05) is 12.1 Å². The van der Waals surface area contributed by atoms with Gasteiger partial charge < -0.3 is 0 Å². The first-order valence-corrected chi connectivity index (χ1v) is 10.1. The molecule has 0 N–H and O–H groups in total. The molecule has 0 aromatic heterocycles. The predicted octanol–water partition coefficient (Wildman–Crippen LogP) is 3.95. The van der Waals surface area contributed by atoms with Crippen LogP contribution in [0.1, 0.15) is 41.5 Å². The van der Waals surface area contributed by atoms with E-state index in [1.54, 1.807) is 12.1 Å². The maximum atomic E-state index is 11.7. The van der Waals surface area contributed by atoms with E-state index >= 15 is 0 Å². The van der Waals surface area contributed by atoms with Crippen molar-refractivity contribution in [3.05, 3.63) is 65.2 Å². The number of benzene rings is 2. The zero-order chi connectivity index (χ0) is 16.0. The maximum absolute atomic E-state index is 11.7. The summed E-state index contributed by atoms with van der Waals surface area (Å²) in [5.41, 5.74) is 4.06. The minimum Gasteiger partial charge on any atom is -0.295 e. The molecule has 2 atom stereocenters. The van der Waals surface area contributed by atoms with Crippen LogP contribution >= 0.6 is 17.0 Å². The second kappa shape index (κ2) is 6.62. The summed E-state index contributed by atoms with van der Waals surface area (Å²) in [5.74, 6) is 0.328. The Labute approximate surface area is 154 Å². The molecule has 128 valence electrons. The van der Waals surface area contributed by atoms with Crippen molar-refractivity contribution in [2.75, 3.05) is 19.3 Å². The summed E-state index contributed by atoms with van der Waals surface area (Å²) >= 11 is 0. The highest BCUT2D eigenvalue weighted by Crippen LogP contribution is 2.44. The van der Waals surface area contributed by atoms with Gasteiger partial charge in [0.2, 0.25) is 0 Å². The number of nitrogens with zero attached hydrogens (tertiary/aromatic N) is 1. The topological polar surface area (TPSA) is 37.4 Å². The van der Waals surface area contributed by atoms with E-state index in [9.17, 15) is 8.42 Å². The number of rotatable bonds is 2. The molecule has 2 aromatic rings. The SMILES string of the molecule is Br.CS(=O)(=O)c1ccc([C@@H]2CN3CCC[C@@H]3c3ccccc32)cc1. The van der Waals surface area contributed by atoms with Gasteiger partial charge in [0.25, 0.3) is 0 Å². The third-order valence-electron chi connectivity index (χ3n) is 5.22. The average Bonchev–Trinajstić information content (AvgIpc) is 3.02. The smallest absolute Gasteiger partial charge is 0.175 e. The van der Waals surface area contributed by atoms with Crippen molar-refractivity contribution in [3.63, 3.8) is 0 Å². The van der Waals surface area contributed by atoms with Crippen LogP contribution in [0.5, 0.6) is 0 Å². The summed E-state index contributed by atoms with van der Waals surface area (Å²) in [7, 11) is -3.14. The van der Waals surface area contributed by atoms with Gasteiger partial charge >= 0.3 is 0 Å². The lowest BCUT2D eigenvalue weighted by Gasteiger charge is -2.37. The monoisotopic (exact) mass is 407 g/mol. The van der Waals surface area contributed by atoms with Crippen molar-refractivity contribution < 1.29 is 8.42 Å². The maximum Gasteiger partial charge on any atom is 0.175 e. The molecular formula is C19H22BrNO2S. The van der Waals surface area contributed by atoms with Crippen molar-refractivity contribution in [3.8, 4) is 0 Å². The van der Waals surface area contributed by atoms with Gasteiger partial charge in [-0.1, -0.05) is 36.4 Å². The standard InChI is InChI=1S/C19H21NO2S.BrH/c1-23(21,22)15-10-8-14(9-11-15)18-13-20-12-4-7-19(20)17-6-3-2-5-16(17)18;/h2-3,5-6,8-11,18-19H,4,7,12-13H2,1H3;1H/t18-,19+;/m0./s1. The molecule has 1 fully saturated rings. The molecule has 0 saturated carbocycles. The van der Waals surface area contributed by atoms with E-state index in [0.717, 1.165) is 13.1 Å². The molecule has 5 heteroatoms. The summed E-state index contributed by atoms with van der Waals surface area (Å²) in [6.07, 6.45) is 3.77. The third kappa shape index (κ3) is 3.05. The van der Waals surface area contributed by atoms with Crippen molar-refractivity contribution >= 4 is 26.8 Å². The van der Waals surface area contributed by atoms with E-state index < -0.39 is 9.84 Å². The molecule has 2 aromatic carbocycles. The highest BCUT2D eigenvalue weighted by Gasteiger charge is 2.36. The quantitative estimate of drug-likeness (QED) is 0.755. The van der Waals surface area contributed by atoms with E-state index in [1.165, 1.54) is 35.8 Å². The second-order valence-electron chi connectivity index (χ2n) is 6.68. The fourth-order valence-electron chi connectivity index (χ4n) is 4.09. The summed E-state index contributed by atoms with van der Waals surface area (Å²) in [4.78, 5) is 2.97. The molecule has 2 aliphatic rings. The van der Waals surface area contributed by atoms with Gasteiger partial charge in [-0.3, -0.25) is 4.90 Å². The van der Waals surface area contributed by atoms with Crippen LogP contribution in [0.25, 0.3) is 0 Å². The summed E-state index contributed by atoms with van der Waals surface area (Å²) in [6.45, 7) is 2.19. The number of sulfone groups is 1. The van der Waals surface area contributed by atoms with E-state index in [-0.39, 0.29) is 17.0 Å². The van der Waals surface area contributed by atoms with Gasteiger partial charge in [-0.15, -0.1) is 17.0 Å². The molecule has 0 radical (unpaired) electrons. The highest BCUT2D eigenvalue weighted by molar-refractivity contribution is 8.93. The molecule has 3 nitrogen and oxygen atoms in total. The van der Waals surface area contributed by atoms with Crippen LogP contribution in [0, 0.1) is 0 Å². The van der Waals surface area contributed by atoms with Gasteiger partial charge in [0.15, 0.2) is 9.84 Å². The van der Waals surface area contributed by atoms with Crippen molar-refractivity contribution in [2.45, 2.75) is 29.7 Å². The summed E-state index contributed by atoms with van der Waals surface area (Å²) < 4.78 is 23.3. The zero-order valence-corrected chi connectivity index (χ0v) is 16.2. The lowest BCUT2D eigenvalue weighted by Crippen LogP contribution is -2.34. The lowest BCUT2D eigenvalue weighted by molar-refractivity contribution is 0.230. The van der Waals surface area contributed by atoms with Crippen LogP contribution in [0.3, 0.4) is 0 Å². The molecule has 0 amide bonds. The fourth-order valence-corrected chi connectivity index (χ4v) is 4.72. The van der Waals surface area contributed by atoms with Crippen molar-refractivity contribution in [1.29, 1.82) is 0 Å². The van der Waals surface area contributed by atoms with Crippen LogP contribution in [-0.4, -0.2) is 32.7 Å². The Morgan fingerprint density at radius 3 is 2.33 bits per heavy atom. The minimum absolute atomic E-state index is 0. The number of fused-ring (bicyclic) bond motifs is 3. The summed E-state index contributed by atoms with van der Waals surface area (Å²) in [6, 6.07) is 16.7. The molecule has 0 aliphatic carbocycles. The Morgan fingerprint density at radius 1 is 1.00 bits per heavy atom. The molecule has 24 heavy (non-hydrogen) atoms. The van der Waals surface area contributed by atoms with Gasteiger partial charge in [-0.05, 0) is 48.2 Å². The molecule has 0 bridgehead atoms. The summed E-state index contributed by atoms with van der Waals surface area (Å²) in [5, 5.41) is 0. The average molecular weight is 408 g/mol. The first-order valence-electron chi connectivity index (χ1n) is 8.17. The molecule has 0 spiro atoms. The van der Waals surface area contributed by atoms with Gasteiger partial charge in [0.05, 0.1) is 4.90 Å². The molecule has 2 heterocycles. The second-order valence-corrected chi connectivity index (χ2v) is 8.69. The Morgan fingerprint density at radius 2 is 1.67 bits per heavy atom. The largest absolute Gasteiger partial charge is 0.295 e. The molecule has 4 rings (SSSR count). The number of halogens is 1. The first kappa shape index (κ1) is 17.6. The molecule has 0 unspecified atom stereocenters. The zero-order valence-electron chi connectivity index (χ0n) is 13.7.